The van der Waals surface area contributed by atoms with Gasteiger partial charge in [-0.25, -0.2) is 0 Å². The molecule has 6 nitrogen and oxygen atoms in total. The number of hydrogen-bond acceptors (Lipinski definition) is 6. The smallest absolute Gasteiger partial charge is 0.306 e. The monoisotopic (exact) mass is 903 g/mol. The minimum absolute atomic E-state index is 0.0906. The molecule has 6 heteroatoms. The molecule has 0 spiro atoms. The van der Waals surface area contributed by atoms with Gasteiger partial charge in [0.2, 0.25) is 0 Å². The van der Waals surface area contributed by atoms with Gasteiger partial charge in [-0.05, 0) is 70.6 Å². The molecule has 1 unspecified atom stereocenters. The molecule has 0 aromatic rings. The van der Waals surface area contributed by atoms with Crippen molar-refractivity contribution in [3.05, 3.63) is 97.2 Å². The molecule has 0 radical (unpaired) electrons. The fourth-order valence-corrected chi connectivity index (χ4v) is 7.19. The van der Waals surface area contributed by atoms with Gasteiger partial charge >= 0.3 is 17.9 Å². The number of ether oxygens (including phenoxy) is 3. The molecule has 0 amide bonds. The van der Waals surface area contributed by atoms with Crippen LogP contribution in [-0.2, 0) is 28.6 Å². The maximum Gasteiger partial charge on any atom is 0.306 e. The van der Waals surface area contributed by atoms with Gasteiger partial charge in [0.1, 0.15) is 13.2 Å². The second-order valence-electron chi connectivity index (χ2n) is 17.5. The van der Waals surface area contributed by atoms with Crippen molar-refractivity contribution in [2.45, 2.75) is 245 Å². The Morgan fingerprint density at radius 3 is 1.14 bits per heavy atom. The van der Waals surface area contributed by atoms with E-state index >= 15 is 0 Å². The van der Waals surface area contributed by atoms with E-state index in [1.807, 2.05) is 24.3 Å². The summed E-state index contributed by atoms with van der Waals surface area (Å²) >= 11 is 0. The highest BCUT2D eigenvalue weighted by Crippen LogP contribution is 2.15. The first-order chi connectivity index (χ1) is 32.0. The SMILES string of the molecule is CC/C=C\C/C=C\C/C=C\CCCCCCCCC(=O)OC(COC(=O)CCCCCCC\C=C/C=C\C=C/C=C\C=C/CCC)COC(=O)CCCCCCCCCCCCCCC. The lowest BCUT2D eigenvalue weighted by Gasteiger charge is -2.18. The van der Waals surface area contributed by atoms with Crippen LogP contribution < -0.4 is 0 Å². The zero-order valence-electron chi connectivity index (χ0n) is 42.2. The van der Waals surface area contributed by atoms with E-state index in [1.165, 1.54) is 83.5 Å². The second kappa shape index (κ2) is 52.9. The third kappa shape index (κ3) is 51.2. The molecule has 0 bridgehead atoms. The van der Waals surface area contributed by atoms with Crippen LogP contribution in [0.25, 0.3) is 0 Å². The van der Waals surface area contributed by atoms with Crippen LogP contribution in [0, 0.1) is 0 Å². The molecule has 0 aromatic carbocycles. The normalized spacial score (nSPS) is 12.8. The molecular formula is C59H98O6. The van der Waals surface area contributed by atoms with Gasteiger partial charge in [0, 0.05) is 19.3 Å². The zero-order valence-corrected chi connectivity index (χ0v) is 42.2. The maximum absolute atomic E-state index is 12.8. The molecule has 65 heavy (non-hydrogen) atoms. The Kier molecular flexibility index (Phi) is 50.0. The van der Waals surface area contributed by atoms with Gasteiger partial charge in [-0.3, -0.25) is 14.4 Å². The molecule has 0 aliphatic carbocycles. The Labute approximate surface area is 400 Å². The van der Waals surface area contributed by atoms with Crippen LogP contribution in [0.2, 0.25) is 0 Å². The minimum Gasteiger partial charge on any atom is -0.462 e. The van der Waals surface area contributed by atoms with Crippen molar-refractivity contribution in [3.8, 4) is 0 Å². The van der Waals surface area contributed by atoms with Crippen LogP contribution in [0.15, 0.2) is 97.2 Å². The topological polar surface area (TPSA) is 78.9 Å². The summed E-state index contributed by atoms with van der Waals surface area (Å²) in [5.74, 6) is -0.929. The van der Waals surface area contributed by atoms with E-state index in [0.29, 0.717) is 19.3 Å². The van der Waals surface area contributed by atoms with Crippen LogP contribution in [-0.4, -0.2) is 37.2 Å². The molecule has 0 aliphatic heterocycles. The van der Waals surface area contributed by atoms with Crippen molar-refractivity contribution in [3.63, 3.8) is 0 Å². The number of hydrogen-bond donors (Lipinski definition) is 0. The summed E-state index contributed by atoms with van der Waals surface area (Å²) in [6.45, 7) is 6.41. The summed E-state index contributed by atoms with van der Waals surface area (Å²) in [6.07, 6.45) is 69.5. The van der Waals surface area contributed by atoms with E-state index in [0.717, 1.165) is 116 Å². The maximum atomic E-state index is 12.8. The van der Waals surface area contributed by atoms with E-state index < -0.39 is 6.10 Å². The molecule has 0 N–H and O–H groups in total. The molecule has 0 saturated carbocycles. The highest BCUT2D eigenvalue weighted by atomic mass is 16.6. The largest absolute Gasteiger partial charge is 0.462 e. The van der Waals surface area contributed by atoms with E-state index in [9.17, 15) is 14.4 Å². The van der Waals surface area contributed by atoms with E-state index in [2.05, 4.69) is 93.7 Å². The summed E-state index contributed by atoms with van der Waals surface area (Å²) in [4.78, 5) is 38.1. The van der Waals surface area contributed by atoms with Gasteiger partial charge in [0.15, 0.2) is 6.10 Å². The quantitative estimate of drug-likeness (QED) is 0.0199. The fourth-order valence-electron chi connectivity index (χ4n) is 7.19. The lowest BCUT2D eigenvalue weighted by atomic mass is 10.0. The fraction of sp³-hybridized carbons (Fsp3) is 0.678. The number of esters is 3. The third-order valence-electron chi connectivity index (χ3n) is 11.2. The number of allylic oxidation sites excluding steroid dienone is 16. The minimum atomic E-state index is -0.794. The van der Waals surface area contributed by atoms with Gasteiger partial charge < -0.3 is 14.2 Å². The third-order valence-corrected chi connectivity index (χ3v) is 11.2. The van der Waals surface area contributed by atoms with Crippen molar-refractivity contribution in [2.24, 2.45) is 0 Å². The zero-order chi connectivity index (χ0) is 47.2. The van der Waals surface area contributed by atoms with Gasteiger partial charge in [-0.1, -0.05) is 246 Å². The average molecular weight is 903 g/mol. The standard InChI is InChI=1S/C59H98O6/c1-4-7-10-13-16-19-22-25-27-29-30-32-34-37-40-43-46-49-52-58(61)64-55-56(54-63-57(60)51-48-45-42-39-36-33-24-21-18-15-12-9-6-3)65-59(62)53-50-47-44-41-38-35-31-28-26-23-20-17-14-11-8-5-2/h8,10-11,13,16-17,19-20,22,25-30,32,56H,4-7,9,12,14-15,18,21,23-24,31,33-55H2,1-3H3/b11-8-,13-10-,19-16-,20-17-,25-22-,28-26-,29-27-,32-30-. The van der Waals surface area contributed by atoms with Gasteiger partial charge in [-0.2, -0.15) is 0 Å². The second-order valence-corrected chi connectivity index (χ2v) is 17.5. The summed E-state index contributed by atoms with van der Waals surface area (Å²) in [5, 5.41) is 0. The predicted molar refractivity (Wildman–Crippen MR) is 279 cm³/mol. The summed E-state index contributed by atoms with van der Waals surface area (Å²) in [6, 6.07) is 0. The van der Waals surface area contributed by atoms with Crippen molar-refractivity contribution >= 4 is 17.9 Å². The van der Waals surface area contributed by atoms with Crippen LogP contribution in [0.4, 0.5) is 0 Å². The predicted octanol–water partition coefficient (Wildman–Crippen LogP) is 17.8. The highest BCUT2D eigenvalue weighted by Gasteiger charge is 2.19. The lowest BCUT2D eigenvalue weighted by molar-refractivity contribution is -0.167. The van der Waals surface area contributed by atoms with Gasteiger partial charge in [-0.15, -0.1) is 0 Å². The molecule has 0 heterocycles. The van der Waals surface area contributed by atoms with Crippen LogP contribution in [0.1, 0.15) is 239 Å². The van der Waals surface area contributed by atoms with Gasteiger partial charge in [0.25, 0.3) is 0 Å². The van der Waals surface area contributed by atoms with Crippen molar-refractivity contribution in [1.82, 2.24) is 0 Å². The van der Waals surface area contributed by atoms with Crippen LogP contribution in [0.5, 0.6) is 0 Å². The Balaban J connectivity index is 4.46. The first kappa shape index (κ1) is 61.3. The van der Waals surface area contributed by atoms with Gasteiger partial charge in [0.05, 0.1) is 0 Å². The first-order valence-corrected chi connectivity index (χ1v) is 26.8. The Morgan fingerprint density at radius 2 is 0.692 bits per heavy atom. The molecule has 0 fully saturated rings. The molecule has 0 saturated heterocycles. The Bertz CT molecular complexity index is 1310. The van der Waals surface area contributed by atoms with E-state index in [-0.39, 0.29) is 31.1 Å². The van der Waals surface area contributed by atoms with Crippen molar-refractivity contribution < 1.29 is 28.6 Å². The molecule has 0 aliphatic rings. The summed E-state index contributed by atoms with van der Waals surface area (Å²) in [7, 11) is 0. The lowest BCUT2D eigenvalue weighted by Crippen LogP contribution is -2.30. The molecule has 0 aromatic heterocycles. The van der Waals surface area contributed by atoms with E-state index in [1.54, 1.807) is 0 Å². The summed E-state index contributed by atoms with van der Waals surface area (Å²) < 4.78 is 16.8. The Morgan fingerprint density at radius 1 is 0.338 bits per heavy atom. The van der Waals surface area contributed by atoms with E-state index in [4.69, 9.17) is 14.2 Å². The number of carbonyl (C=O) groups excluding carboxylic acids is 3. The first-order valence-electron chi connectivity index (χ1n) is 26.8. The molecule has 1 atom stereocenters. The molecular weight excluding hydrogens is 805 g/mol. The highest BCUT2D eigenvalue weighted by molar-refractivity contribution is 5.71. The number of carbonyl (C=O) groups is 3. The molecule has 0 rings (SSSR count). The Hall–Kier alpha value is -3.67. The number of unbranched alkanes of at least 4 members (excludes halogenated alkanes) is 24. The van der Waals surface area contributed by atoms with Crippen LogP contribution >= 0.6 is 0 Å². The molecule has 370 valence electrons. The number of rotatable bonds is 47. The van der Waals surface area contributed by atoms with Crippen molar-refractivity contribution in [2.75, 3.05) is 13.2 Å². The van der Waals surface area contributed by atoms with Crippen LogP contribution in [0.3, 0.4) is 0 Å². The van der Waals surface area contributed by atoms with Crippen molar-refractivity contribution in [1.29, 1.82) is 0 Å². The average Bonchev–Trinajstić information content (AvgIpc) is 3.30. The summed E-state index contributed by atoms with van der Waals surface area (Å²) in [5.41, 5.74) is 0.